The van der Waals surface area contributed by atoms with Gasteiger partial charge in [0.2, 0.25) is 5.91 Å². The van der Waals surface area contributed by atoms with E-state index in [1.807, 2.05) is 49.4 Å². The quantitative estimate of drug-likeness (QED) is 0.818. The maximum Gasteiger partial charge on any atom is 0.241 e. The van der Waals surface area contributed by atoms with Crippen LogP contribution < -0.4 is 11.1 Å². The van der Waals surface area contributed by atoms with Gasteiger partial charge < -0.3 is 15.8 Å². The number of nitrogens with two attached hydrogens (primary N) is 1. The zero-order valence-electron chi connectivity index (χ0n) is 13.7. The number of halogens is 2. The van der Waals surface area contributed by atoms with Gasteiger partial charge in [0.25, 0.3) is 0 Å². The van der Waals surface area contributed by atoms with Gasteiger partial charge in [-0.15, -0.1) is 12.4 Å². The monoisotopic (exact) mass is 368 g/mol. The Morgan fingerprint density at radius 1 is 1.21 bits per heavy atom. The minimum atomic E-state index is -0.701. The van der Waals surface area contributed by atoms with Gasteiger partial charge in [0.05, 0.1) is 6.10 Å². The van der Waals surface area contributed by atoms with Gasteiger partial charge in [-0.2, -0.15) is 0 Å². The van der Waals surface area contributed by atoms with Gasteiger partial charge in [-0.25, -0.2) is 0 Å². The number of rotatable bonds is 6. The van der Waals surface area contributed by atoms with Crippen molar-refractivity contribution in [1.29, 1.82) is 0 Å². The van der Waals surface area contributed by atoms with E-state index in [9.17, 15) is 4.79 Å². The molecular weight excluding hydrogens is 347 g/mol. The summed E-state index contributed by atoms with van der Waals surface area (Å²) < 4.78 is 5.43. The number of carbonyl (C=O) groups is 1. The smallest absolute Gasteiger partial charge is 0.241 e. The third kappa shape index (κ3) is 5.49. The molecule has 2 aromatic rings. The summed E-state index contributed by atoms with van der Waals surface area (Å²) in [5.74, 6) is -0.238. The lowest BCUT2D eigenvalue weighted by molar-refractivity contribution is -0.123. The summed E-state index contributed by atoms with van der Waals surface area (Å²) in [4.78, 5) is 12.2. The van der Waals surface area contributed by atoms with Crippen molar-refractivity contribution in [2.75, 3.05) is 13.7 Å². The van der Waals surface area contributed by atoms with E-state index in [0.717, 1.165) is 16.7 Å². The van der Waals surface area contributed by atoms with Gasteiger partial charge in [-0.05, 0) is 30.2 Å². The van der Waals surface area contributed by atoms with E-state index in [1.165, 1.54) is 0 Å². The predicted octanol–water partition coefficient (Wildman–Crippen LogP) is 3.57. The fraction of sp³-hybridized carbons (Fsp3) is 0.278. The average molecular weight is 369 g/mol. The van der Waals surface area contributed by atoms with Gasteiger partial charge in [0.15, 0.2) is 0 Å². The Morgan fingerprint density at radius 2 is 1.88 bits per heavy atom. The number of hydrogen-bond donors (Lipinski definition) is 2. The highest BCUT2D eigenvalue weighted by Gasteiger charge is 2.18. The van der Waals surface area contributed by atoms with Crippen LogP contribution in [-0.4, -0.2) is 19.6 Å². The summed E-state index contributed by atoms with van der Waals surface area (Å²) in [5.41, 5.74) is 8.82. The second-order valence-corrected chi connectivity index (χ2v) is 5.85. The summed E-state index contributed by atoms with van der Waals surface area (Å²) >= 11 is 5.99. The van der Waals surface area contributed by atoms with E-state index in [2.05, 4.69) is 5.32 Å². The Morgan fingerprint density at radius 3 is 2.46 bits per heavy atom. The number of ether oxygens (including phenoxy) is 1. The van der Waals surface area contributed by atoms with Crippen molar-refractivity contribution in [3.05, 3.63) is 70.2 Å². The van der Waals surface area contributed by atoms with Crippen LogP contribution in [0.3, 0.4) is 0 Å². The molecule has 0 radical (unpaired) electrons. The minimum Gasteiger partial charge on any atom is -0.375 e. The van der Waals surface area contributed by atoms with E-state index in [4.69, 9.17) is 22.1 Å². The number of methoxy groups -OCH3 is 1. The molecule has 2 unspecified atom stereocenters. The van der Waals surface area contributed by atoms with Crippen molar-refractivity contribution in [3.63, 3.8) is 0 Å². The molecular formula is C18H22Cl2N2O2. The number of benzene rings is 2. The van der Waals surface area contributed by atoms with Crippen LogP contribution >= 0.6 is 24.0 Å². The first-order valence-electron chi connectivity index (χ1n) is 7.39. The molecule has 6 heteroatoms. The third-order valence-electron chi connectivity index (χ3n) is 3.69. The molecule has 4 nitrogen and oxygen atoms in total. The second-order valence-electron chi connectivity index (χ2n) is 5.41. The van der Waals surface area contributed by atoms with E-state index in [-0.39, 0.29) is 24.4 Å². The van der Waals surface area contributed by atoms with Crippen LogP contribution in [0.4, 0.5) is 0 Å². The predicted molar refractivity (Wildman–Crippen MR) is 99.6 cm³/mol. The van der Waals surface area contributed by atoms with Crippen molar-refractivity contribution in [3.8, 4) is 0 Å². The average Bonchev–Trinajstić information content (AvgIpc) is 2.55. The molecule has 2 atom stereocenters. The van der Waals surface area contributed by atoms with E-state index in [0.29, 0.717) is 11.6 Å². The molecule has 0 bridgehead atoms. The van der Waals surface area contributed by atoms with Gasteiger partial charge in [0.1, 0.15) is 6.04 Å². The van der Waals surface area contributed by atoms with Crippen molar-refractivity contribution < 1.29 is 9.53 Å². The number of amides is 1. The lowest BCUT2D eigenvalue weighted by atomic mass is 10.0. The molecule has 0 heterocycles. The minimum absolute atomic E-state index is 0. The SMILES string of the molecule is COC(CNC(=O)C(N)c1ccc(C)cc1)c1cccc(Cl)c1.Cl. The number of nitrogens with one attached hydrogen (secondary N) is 1. The molecule has 1 amide bonds. The van der Waals surface area contributed by atoms with Crippen LogP contribution in [0.2, 0.25) is 5.02 Å². The Bertz CT molecular complexity index is 662. The van der Waals surface area contributed by atoms with E-state index < -0.39 is 6.04 Å². The lowest BCUT2D eigenvalue weighted by Gasteiger charge is -2.19. The summed E-state index contributed by atoms with van der Waals surface area (Å²) in [6.07, 6.45) is -0.275. The Balaban J connectivity index is 0.00000288. The van der Waals surface area contributed by atoms with Crippen molar-refractivity contribution in [1.82, 2.24) is 5.32 Å². The van der Waals surface area contributed by atoms with Crippen LogP contribution in [0.15, 0.2) is 48.5 Å². The van der Waals surface area contributed by atoms with Crippen LogP contribution in [0.1, 0.15) is 28.8 Å². The number of aryl methyl sites for hydroxylation is 1. The summed E-state index contributed by atoms with van der Waals surface area (Å²) in [7, 11) is 1.59. The summed E-state index contributed by atoms with van der Waals surface area (Å²) in [6.45, 7) is 2.32. The van der Waals surface area contributed by atoms with E-state index >= 15 is 0 Å². The molecule has 130 valence electrons. The number of carbonyl (C=O) groups excluding carboxylic acids is 1. The van der Waals surface area contributed by atoms with Crippen molar-refractivity contribution >= 4 is 29.9 Å². The molecule has 0 spiro atoms. The van der Waals surface area contributed by atoms with E-state index in [1.54, 1.807) is 13.2 Å². The van der Waals surface area contributed by atoms with Crippen LogP contribution in [0.25, 0.3) is 0 Å². The molecule has 0 saturated carbocycles. The number of hydrogen-bond acceptors (Lipinski definition) is 3. The lowest BCUT2D eigenvalue weighted by Crippen LogP contribution is -2.36. The second kappa shape index (κ2) is 9.64. The zero-order chi connectivity index (χ0) is 16.8. The highest BCUT2D eigenvalue weighted by molar-refractivity contribution is 6.30. The van der Waals surface area contributed by atoms with Gasteiger partial charge in [0, 0.05) is 18.7 Å². The van der Waals surface area contributed by atoms with Crippen LogP contribution in [0.5, 0.6) is 0 Å². The highest BCUT2D eigenvalue weighted by Crippen LogP contribution is 2.20. The first kappa shape index (κ1) is 20.5. The molecule has 0 aliphatic carbocycles. The Hall–Kier alpha value is -1.59. The topological polar surface area (TPSA) is 64.3 Å². The fourth-order valence-electron chi connectivity index (χ4n) is 2.27. The fourth-order valence-corrected chi connectivity index (χ4v) is 2.47. The first-order chi connectivity index (χ1) is 11.0. The van der Waals surface area contributed by atoms with Gasteiger partial charge in [-0.3, -0.25) is 4.79 Å². The maximum atomic E-state index is 12.2. The normalized spacial score (nSPS) is 12.8. The van der Waals surface area contributed by atoms with Crippen molar-refractivity contribution in [2.45, 2.75) is 19.1 Å². The zero-order valence-corrected chi connectivity index (χ0v) is 15.2. The largest absolute Gasteiger partial charge is 0.375 e. The first-order valence-corrected chi connectivity index (χ1v) is 7.77. The Kier molecular flexibility index (Phi) is 8.22. The molecule has 24 heavy (non-hydrogen) atoms. The highest BCUT2D eigenvalue weighted by atomic mass is 35.5. The molecule has 0 aliphatic heterocycles. The molecule has 3 N–H and O–H groups in total. The molecule has 2 aromatic carbocycles. The summed E-state index contributed by atoms with van der Waals surface area (Å²) in [6, 6.07) is 14.3. The van der Waals surface area contributed by atoms with Gasteiger partial charge in [-0.1, -0.05) is 53.6 Å². The third-order valence-corrected chi connectivity index (χ3v) is 3.92. The Labute approximate surface area is 153 Å². The van der Waals surface area contributed by atoms with Crippen LogP contribution in [0, 0.1) is 6.92 Å². The summed E-state index contributed by atoms with van der Waals surface area (Å²) in [5, 5.41) is 3.46. The molecule has 0 fully saturated rings. The molecule has 0 saturated heterocycles. The van der Waals surface area contributed by atoms with Crippen LogP contribution in [-0.2, 0) is 9.53 Å². The molecule has 2 rings (SSSR count). The molecule has 0 aromatic heterocycles. The maximum absolute atomic E-state index is 12.2. The van der Waals surface area contributed by atoms with Gasteiger partial charge >= 0.3 is 0 Å². The standard InChI is InChI=1S/C18H21ClN2O2.ClH/c1-12-6-8-13(9-7-12)17(20)18(22)21-11-16(23-2)14-4-3-5-15(19)10-14;/h3-10,16-17H,11,20H2,1-2H3,(H,21,22);1H. The van der Waals surface area contributed by atoms with Crippen molar-refractivity contribution in [2.24, 2.45) is 5.73 Å². The molecule has 0 aliphatic rings.